The molecule has 0 amide bonds. The monoisotopic (exact) mass is 2290 g/mol. The van der Waals surface area contributed by atoms with E-state index in [9.17, 15) is 59.4 Å². The second-order valence-corrected chi connectivity index (χ2v) is 25.9. The van der Waals surface area contributed by atoms with Crippen molar-refractivity contribution >= 4 is 171 Å². The van der Waals surface area contributed by atoms with Crippen molar-refractivity contribution in [2.24, 2.45) is 0 Å². The number of aromatic nitrogens is 6. The Morgan fingerprint density at radius 3 is 0.470 bits per heavy atom. The molecule has 12 aromatic rings. The Kier molecular flexibility index (Phi) is 47.8. The minimum Gasteiger partial charge on any atom is -0.545 e. The van der Waals surface area contributed by atoms with Gasteiger partial charge in [-0.05, 0) is 315 Å². The first-order valence-electron chi connectivity index (χ1n) is 27.5. The third kappa shape index (κ3) is 36.1. The number of carbonyl (C=O) groups excluding carboxylic acids is 6. The summed E-state index contributed by atoms with van der Waals surface area (Å²) in [5, 5.41) is 61.2. The van der Waals surface area contributed by atoms with Crippen LogP contribution in [0.3, 0.4) is 0 Å². The summed E-state index contributed by atoms with van der Waals surface area (Å²) in [6.45, 7) is 0. The molecule has 0 fully saturated rings. The third-order valence-electron chi connectivity index (χ3n) is 11.7. The number of carbonyl (C=O) groups is 6. The normalized spacial score (nSPS) is 9.26. The molecule has 0 radical (unpaired) electrons. The van der Waals surface area contributed by atoms with Gasteiger partial charge in [-0.25, -0.2) is 9.97 Å². The molecule has 0 spiro atoms. The van der Waals surface area contributed by atoms with Crippen molar-refractivity contribution < 1.29 is 169 Å². The fraction of sp³-hybridized carbons (Fsp3) is 0. The van der Waals surface area contributed by atoms with E-state index in [2.05, 4.69) is 165 Å². The number of hydrogen-bond acceptors (Lipinski definition) is 18. The van der Waals surface area contributed by atoms with Crippen molar-refractivity contribution in [3.63, 3.8) is 0 Å². The smallest absolute Gasteiger partial charge is 0.545 e. The molecule has 0 atom stereocenters. The van der Waals surface area contributed by atoms with E-state index in [-0.39, 0.29) is 143 Å². The zero-order chi connectivity index (χ0) is 69.8. The molecule has 20 nitrogen and oxygen atoms in total. The number of halogens is 6. The van der Waals surface area contributed by atoms with Gasteiger partial charge in [0.05, 0.1) is 81.4 Å². The summed E-state index contributed by atoms with van der Waals surface area (Å²) in [6.07, 6.45) is 7.07. The number of benzene rings is 6. The van der Waals surface area contributed by atoms with Crippen molar-refractivity contribution in [1.82, 2.24) is 29.9 Å². The number of carboxylic acids is 6. The van der Waals surface area contributed by atoms with Crippen LogP contribution in [0.2, 0.25) is 0 Å². The molecular formula is C72H50Eu2I6N6O14. The summed E-state index contributed by atoms with van der Waals surface area (Å²) in [6, 6.07) is 74.0. The van der Waals surface area contributed by atoms with Gasteiger partial charge < -0.3 is 70.4 Å². The summed E-state index contributed by atoms with van der Waals surface area (Å²) in [4.78, 5) is 87.6. The van der Waals surface area contributed by atoms with E-state index in [1.165, 1.54) is 72.8 Å². The van der Waals surface area contributed by atoms with E-state index in [1.807, 2.05) is 109 Å². The van der Waals surface area contributed by atoms with Crippen molar-refractivity contribution in [3.8, 4) is 45.6 Å². The fourth-order valence-electron chi connectivity index (χ4n) is 7.01. The molecule has 6 heterocycles. The predicted octanol–water partition coefficient (Wildman–Crippen LogP) is 8.69. The molecule has 0 saturated carbocycles. The maximum atomic E-state index is 10.2. The SMILES string of the molecule is O.O.O=C([O-])c1ccc(I)cc1.O=C([O-])c1ccc(I)cc1.O=C([O-])c1ccc(I)cc1.O=C([O-])c1ccc(I)cc1.O=C([O-])c1ccc(I)cc1.O=C([O-])c1ccc(I)cc1.[Eu+3].[Eu+3].c1ccc(-c2cccc(-c3ccccn3)n2)nc1.c1ccc(-c2cccc(-c3ccccn3)n2)nc1. The predicted molar refractivity (Wildman–Crippen MR) is 410 cm³/mol. The topological polar surface area (TPSA) is 381 Å². The van der Waals surface area contributed by atoms with Crippen molar-refractivity contribution in [3.05, 3.63) is 334 Å². The molecule has 0 saturated heterocycles. The van der Waals surface area contributed by atoms with Gasteiger partial charge in [-0.2, -0.15) is 0 Å². The van der Waals surface area contributed by atoms with Crippen LogP contribution in [0, 0.1) is 120 Å². The van der Waals surface area contributed by atoms with Crippen LogP contribution in [0.1, 0.15) is 62.1 Å². The molecule has 508 valence electrons. The standard InChI is InChI=1S/2C15H11N3.6C7H5IO2.2Eu.2H2O/c2*1-3-10-16-12(6-1)14-8-5-9-15(18-14)13-7-2-4-11-17-13;6*8-6-3-1-5(2-4-6)7(9)10;;;;/h2*1-11H;6*1-4H,(H,9,10);;;2*1H2/q;;;;;;;;2*+3;;/p-6. The molecule has 100 heavy (non-hydrogen) atoms. The summed E-state index contributed by atoms with van der Waals surface area (Å²) >= 11 is 12.6. The molecule has 12 rings (SSSR count). The van der Waals surface area contributed by atoms with Gasteiger partial charge in [-0.1, -0.05) is 109 Å². The van der Waals surface area contributed by atoms with E-state index < -0.39 is 35.8 Å². The fourth-order valence-corrected chi connectivity index (χ4v) is 9.17. The van der Waals surface area contributed by atoms with E-state index in [1.54, 1.807) is 97.6 Å². The van der Waals surface area contributed by atoms with Crippen LogP contribution >= 0.6 is 136 Å². The largest absolute Gasteiger partial charge is 3.00 e. The number of hydrogen-bond donors (Lipinski definition) is 0. The van der Waals surface area contributed by atoms with Crippen LogP contribution in [0.4, 0.5) is 0 Å². The van der Waals surface area contributed by atoms with Gasteiger partial charge in [0, 0.05) is 46.2 Å². The van der Waals surface area contributed by atoms with Crippen molar-refractivity contribution in [1.29, 1.82) is 0 Å². The van der Waals surface area contributed by atoms with E-state index in [0.29, 0.717) is 0 Å². The van der Waals surface area contributed by atoms with Gasteiger partial charge in [-0.15, -0.1) is 0 Å². The zero-order valence-electron chi connectivity index (χ0n) is 51.2. The molecule has 0 aliphatic rings. The quantitative estimate of drug-likeness (QED) is 0.115. The average molecular weight is 2290 g/mol. The van der Waals surface area contributed by atoms with Crippen LogP contribution in [0.25, 0.3) is 45.6 Å². The number of carboxylic acid groups (broad SMARTS) is 6. The molecule has 0 unspecified atom stereocenters. The first kappa shape index (κ1) is 92.5. The molecule has 6 aromatic carbocycles. The second-order valence-electron chi connectivity index (χ2n) is 18.4. The third-order valence-corrected chi connectivity index (χ3v) is 16.0. The first-order valence-corrected chi connectivity index (χ1v) is 33.9. The van der Waals surface area contributed by atoms with Crippen LogP contribution < -0.4 is 30.6 Å². The Bertz CT molecular complexity index is 3750. The zero-order valence-corrected chi connectivity index (χ0v) is 69.0. The van der Waals surface area contributed by atoms with Gasteiger partial charge in [0.2, 0.25) is 0 Å². The molecular weight excluding hydrogens is 2240 g/mol. The van der Waals surface area contributed by atoms with Crippen LogP contribution in [-0.2, 0) is 0 Å². The van der Waals surface area contributed by atoms with Gasteiger partial charge in [0.25, 0.3) is 0 Å². The molecule has 0 bridgehead atoms. The molecule has 4 N–H and O–H groups in total. The van der Waals surface area contributed by atoms with Gasteiger partial charge in [0.15, 0.2) is 0 Å². The molecule has 0 aliphatic heterocycles. The Hall–Kier alpha value is -5.49. The van der Waals surface area contributed by atoms with Crippen LogP contribution in [0.5, 0.6) is 0 Å². The number of rotatable bonds is 10. The number of pyridine rings is 6. The van der Waals surface area contributed by atoms with Crippen LogP contribution in [0.15, 0.2) is 280 Å². The molecule has 28 heteroatoms. The number of aromatic carboxylic acids is 6. The Labute approximate surface area is 738 Å². The second kappa shape index (κ2) is 51.6. The minimum absolute atomic E-state index is 0. The summed E-state index contributed by atoms with van der Waals surface area (Å²) < 4.78 is 6.10. The summed E-state index contributed by atoms with van der Waals surface area (Å²) in [5.41, 5.74) is 8.26. The Balaban J connectivity index is 0.000000577. The van der Waals surface area contributed by atoms with Gasteiger partial charge in [-0.3, -0.25) is 19.9 Å². The Morgan fingerprint density at radius 1 is 0.210 bits per heavy atom. The number of nitrogens with zero attached hydrogens (tertiary/aromatic N) is 6. The van der Waals surface area contributed by atoms with Gasteiger partial charge in [0.1, 0.15) is 0 Å². The van der Waals surface area contributed by atoms with E-state index >= 15 is 0 Å². The van der Waals surface area contributed by atoms with Crippen molar-refractivity contribution in [2.45, 2.75) is 0 Å². The maximum Gasteiger partial charge on any atom is 3.00 e. The van der Waals surface area contributed by atoms with Crippen molar-refractivity contribution in [2.75, 3.05) is 0 Å². The maximum absolute atomic E-state index is 10.2. The molecule has 0 aliphatic carbocycles. The summed E-state index contributed by atoms with van der Waals surface area (Å²) in [7, 11) is 0. The van der Waals surface area contributed by atoms with Crippen LogP contribution in [-0.4, -0.2) is 76.7 Å². The van der Waals surface area contributed by atoms with E-state index in [4.69, 9.17) is 0 Å². The minimum atomic E-state index is -1.13. The Morgan fingerprint density at radius 2 is 0.350 bits per heavy atom. The first-order chi connectivity index (χ1) is 46.1. The average Bonchev–Trinajstić information content (AvgIpc) is 0.848. The molecule has 6 aromatic heterocycles. The van der Waals surface area contributed by atoms with E-state index in [0.717, 1.165) is 67.0 Å². The summed E-state index contributed by atoms with van der Waals surface area (Å²) in [5.74, 6) is -6.77. The van der Waals surface area contributed by atoms with Gasteiger partial charge >= 0.3 is 98.8 Å².